The minimum atomic E-state index is -0.324. The van der Waals surface area contributed by atoms with Gasteiger partial charge in [-0.3, -0.25) is 9.59 Å². The molecule has 1 aliphatic carbocycles. The summed E-state index contributed by atoms with van der Waals surface area (Å²) in [7, 11) is 0. The average molecular weight is 316 g/mol. The van der Waals surface area contributed by atoms with E-state index in [9.17, 15) is 9.59 Å². The van der Waals surface area contributed by atoms with Crippen molar-refractivity contribution in [3.63, 3.8) is 0 Å². The molecule has 0 unspecified atom stereocenters. The van der Waals surface area contributed by atoms with Crippen molar-refractivity contribution in [2.75, 3.05) is 6.61 Å². The molecule has 1 saturated carbocycles. The van der Waals surface area contributed by atoms with Crippen LogP contribution in [0.2, 0.25) is 0 Å². The lowest BCUT2D eigenvalue weighted by molar-refractivity contribution is -0.123. The van der Waals surface area contributed by atoms with Crippen LogP contribution < -0.4 is 10.2 Å². The molecule has 0 bridgehead atoms. The molecule has 1 aromatic carbocycles. The van der Waals surface area contributed by atoms with Gasteiger partial charge in [0.05, 0.1) is 0 Å². The van der Waals surface area contributed by atoms with Crippen LogP contribution in [-0.2, 0) is 15.0 Å². The smallest absolute Gasteiger partial charge is 0.277 e. The van der Waals surface area contributed by atoms with Crippen molar-refractivity contribution >= 4 is 17.4 Å². The average Bonchev–Trinajstić information content (AvgIpc) is 2.50. The van der Waals surface area contributed by atoms with Crippen molar-refractivity contribution in [1.82, 2.24) is 5.43 Å². The van der Waals surface area contributed by atoms with Gasteiger partial charge < -0.3 is 4.74 Å². The summed E-state index contributed by atoms with van der Waals surface area (Å²) in [6, 6.07) is 7.72. The maximum Gasteiger partial charge on any atom is 0.277 e. The number of hydrogen-bond acceptors (Lipinski definition) is 4. The molecular weight excluding hydrogens is 292 g/mol. The van der Waals surface area contributed by atoms with E-state index in [0.717, 1.165) is 18.6 Å². The third kappa shape index (κ3) is 5.51. The zero-order chi connectivity index (χ0) is 16.9. The summed E-state index contributed by atoms with van der Waals surface area (Å²) < 4.78 is 5.45. The van der Waals surface area contributed by atoms with Crippen LogP contribution in [0.15, 0.2) is 29.4 Å². The van der Waals surface area contributed by atoms with Crippen LogP contribution in [0.4, 0.5) is 0 Å². The van der Waals surface area contributed by atoms with Gasteiger partial charge in [0.25, 0.3) is 5.91 Å². The molecule has 5 heteroatoms. The molecular formula is C18H24N2O3. The monoisotopic (exact) mass is 316 g/mol. The molecule has 2 rings (SSSR count). The Kier molecular flexibility index (Phi) is 5.53. The fourth-order valence-corrected chi connectivity index (χ4v) is 2.36. The van der Waals surface area contributed by atoms with Crippen LogP contribution in [0, 0.1) is 0 Å². The summed E-state index contributed by atoms with van der Waals surface area (Å²) in [5.41, 5.74) is 4.49. The molecule has 1 aliphatic rings. The molecule has 5 nitrogen and oxygen atoms in total. The molecule has 124 valence electrons. The Labute approximate surface area is 137 Å². The van der Waals surface area contributed by atoms with Gasteiger partial charge in [-0.2, -0.15) is 5.10 Å². The Bertz CT molecular complexity index is 598. The summed E-state index contributed by atoms with van der Waals surface area (Å²) in [6.07, 6.45) is 2.53. The van der Waals surface area contributed by atoms with Crippen molar-refractivity contribution in [2.45, 2.75) is 51.9 Å². The topological polar surface area (TPSA) is 67.8 Å². The number of Topliss-reactive ketones (excluding diaryl/α,β-unsaturated/α-hetero) is 1. The molecule has 1 aromatic rings. The number of ether oxygens (including phenoxy) is 1. The van der Waals surface area contributed by atoms with Gasteiger partial charge >= 0.3 is 0 Å². The first-order valence-electron chi connectivity index (χ1n) is 7.94. The second-order valence-electron chi connectivity index (χ2n) is 6.85. The first-order chi connectivity index (χ1) is 10.8. The molecule has 0 aliphatic heterocycles. The number of amides is 1. The number of rotatable bonds is 4. The van der Waals surface area contributed by atoms with Crippen molar-refractivity contribution in [3.05, 3.63) is 29.8 Å². The molecule has 0 aromatic heterocycles. The van der Waals surface area contributed by atoms with Gasteiger partial charge in [-0.1, -0.05) is 32.9 Å². The maximum absolute atomic E-state index is 11.7. The summed E-state index contributed by atoms with van der Waals surface area (Å²) in [5, 5.41) is 4.01. The lowest BCUT2D eigenvalue weighted by Gasteiger charge is -2.19. The van der Waals surface area contributed by atoms with Crippen LogP contribution in [0.25, 0.3) is 0 Å². The van der Waals surface area contributed by atoms with E-state index < -0.39 is 0 Å². The van der Waals surface area contributed by atoms with Gasteiger partial charge in [-0.25, -0.2) is 5.43 Å². The number of ketones is 1. The highest BCUT2D eigenvalue weighted by Gasteiger charge is 2.15. The summed E-state index contributed by atoms with van der Waals surface area (Å²) in [4.78, 5) is 23.0. The molecule has 0 radical (unpaired) electrons. The zero-order valence-corrected chi connectivity index (χ0v) is 14.0. The summed E-state index contributed by atoms with van der Waals surface area (Å²) >= 11 is 0. The highest BCUT2D eigenvalue weighted by Crippen LogP contribution is 2.24. The Morgan fingerprint density at radius 2 is 1.91 bits per heavy atom. The first kappa shape index (κ1) is 17.2. The lowest BCUT2D eigenvalue weighted by atomic mass is 9.87. The minimum absolute atomic E-state index is 0.0867. The number of hydrogen-bond donors (Lipinski definition) is 1. The SMILES string of the molecule is CC(C)(C)c1ccc(OCC(=O)N/N=C2/CCCC(=O)C2)cc1. The quantitative estimate of drug-likeness (QED) is 0.868. The Hall–Kier alpha value is -2.17. The minimum Gasteiger partial charge on any atom is -0.484 e. The van der Waals surface area contributed by atoms with Crippen molar-refractivity contribution < 1.29 is 14.3 Å². The maximum atomic E-state index is 11.7. The van der Waals surface area contributed by atoms with Crippen LogP contribution in [0.3, 0.4) is 0 Å². The second-order valence-corrected chi connectivity index (χ2v) is 6.85. The normalized spacial score (nSPS) is 17.2. The van der Waals surface area contributed by atoms with E-state index in [1.807, 2.05) is 24.3 Å². The van der Waals surface area contributed by atoms with Crippen LogP contribution in [0.5, 0.6) is 5.75 Å². The molecule has 0 heterocycles. The Morgan fingerprint density at radius 1 is 1.22 bits per heavy atom. The van der Waals surface area contributed by atoms with Crippen LogP contribution >= 0.6 is 0 Å². The molecule has 0 atom stereocenters. The van der Waals surface area contributed by atoms with Crippen LogP contribution in [-0.4, -0.2) is 24.0 Å². The van der Waals surface area contributed by atoms with E-state index in [1.165, 1.54) is 5.56 Å². The van der Waals surface area contributed by atoms with E-state index in [4.69, 9.17) is 4.74 Å². The van der Waals surface area contributed by atoms with E-state index in [1.54, 1.807) is 0 Å². The number of benzene rings is 1. The Balaban J connectivity index is 1.80. The number of hydrazone groups is 1. The molecule has 0 saturated heterocycles. The first-order valence-corrected chi connectivity index (χ1v) is 7.94. The predicted octanol–water partition coefficient (Wildman–Crippen LogP) is 2.98. The third-order valence-corrected chi connectivity index (χ3v) is 3.75. The van der Waals surface area contributed by atoms with Crippen molar-refractivity contribution in [3.8, 4) is 5.75 Å². The predicted molar refractivity (Wildman–Crippen MR) is 89.7 cm³/mol. The highest BCUT2D eigenvalue weighted by atomic mass is 16.5. The standard InChI is InChI=1S/C18H24N2O3/c1-18(2,3)13-7-9-16(10-8-13)23-12-17(22)20-19-14-5-4-6-15(21)11-14/h7-10H,4-6,11-12H2,1-3H3,(H,20,22)/b19-14-. The number of carbonyl (C=O) groups excluding carboxylic acids is 2. The molecule has 1 amide bonds. The molecule has 23 heavy (non-hydrogen) atoms. The summed E-state index contributed by atoms with van der Waals surface area (Å²) in [6.45, 7) is 6.34. The summed E-state index contributed by atoms with van der Waals surface area (Å²) in [5.74, 6) is 0.503. The van der Waals surface area contributed by atoms with E-state index >= 15 is 0 Å². The van der Waals surface area contributed by atoms with Gasteiger partial charge in [0.1, 0.15) is 11.5 Å². The fourth-order valence-electron chi connectivity index (χ4n) is 2.36. The van der Waals surface area contributed by atoms with Gasteiger partial charge in [0.2, 0.25) is 0 Å². The second kappa shape index (κ2) is 7.40. The molecule has 1 fully saturated rings. The van der Waals surface area contributed by atoms with Gasteiger partial charge in [-0.05, 0) is 36.0 Å². The van der Waals surface area contributed by atoms with Crippen LogP contribution in [0.1, 0.15) is 52.0 Å². The zero-order valence-electron chi connectivity index (χ0n) is 14.0. The van der Waals surface area contributed by atoms with E-state index in [-0.39, 0.29) is 23.7 Å². The van der Waals surface area contributed by atoms with Crippen molar-refractivity contribution in [2.24, 2.45) is 5.10 Å². The molecule has 0 spiro atoms. The van der Waals surface area contributed by atoms with Gasteiger partial charge in [0.15, 0.2) is 6.61 Å². The Morgan fingerprint density at radius 3 is 2.52 bits per heavy atom. The van der Waals surface area contributed by atoms with Gasteiger partial charge in [-0.15, -0.1) is 0 Å². The largest absolute Gasteiger partial charge is 0.484 e. The van der Waals surface area contributed by atoms with Gasteiger partial charge in [0, 0.05) is 18.6 Å². The van der Waals surface area contributed by atoms with Crippen molar-refractivity contribution in [1.29, 1.82) is 0 Å². The highest BCUT2D eigenvalue weighted by molar-refractivity contribution is 6.04. The van der Waals surface area contributed by atoms with E-state index in [0.29, 0.717) is 18.6 Å². The third-order valence-electron chi connectivity index (χ3n) is 3.75. The van der Waals surface area contributed by atoms with E-state index in [2.05, 4.69) is 31.3 Å². The number of nitrogens with zero attached hydrogens (tertiary/aromatic N) is 1. The number of carbonyl (C=O) groups is 2. The molecule has 1 N–H and O–H groups in total. The lowest BCUT2D eigenvalue weighted by Crippen LogP contribution is -2.27. The fraction of sp³-hybridized carbons (Fsp3) is 0.500. The number of nitrogens with one attached hydrogen (secondary N) is 1.